The van der Waals surface area contributed by atoms with Crippen molar-refractivity contribution in [2.45, 2.75) is 6.54 Å². The first-order valence-corrected chi connectivity index (χ1v) is 4.98. The molecule has 1 aliphatic heterocycles. The molecule has 0 unspecified atom stereocenters. The van der Waals surface area contributed by atoms with Gasteiger partial charge in [0.25, 0.3) is 0 Å². The largest absolute Gasteiger partial charge is 0.396 e. The molecule has 66 valence electrons. The second-order valence-electron chi connectivity index (χ2n) is 3.17. The van der Waals surface area contributed by atoms with Crippen LogP contribution in [-0.2, 0) is 6.54 Å². The highest BCUT2D eigenvalue weighted by atomic mass is 32.1. The van der Waals surface area contributed by atoms with Crippen molar-refractivity contribution in [2.75, 3.05) is 19.7 Å². The third kappa shape index (κ3) is 1.65. The molecule has 1 aromatic rings. The summed E-state index contributed by atoms with van der Waals surface area (Å²) < 4.78 is 0. The normalized spacial score (nSPS) is 19.4. The molecule has 0 amide bonds. The summed E-state index contributed by atoms with van der Waals surface area (Å²) in [6.45, 7) is 3.33. The highest BCUT2D eigenvalue weighted by molar-refractivity contribution is 7.09. The Morgan fingerprint density at radius 3 is 3.08 bits per heavy atom. The van der Waals surface area contributed by atoms with Crippen LogP contribution in [0.25, 0.3) is 0 Å². The van der Waals surface area contributed by atoms with Crippen LogP contribution >= 0.6 is 11.3 Å². The summed E-state index contributed by atoms with van der Waals surface area (Å²) in [7, 11) is 0. The van der Waals surface area contributed by atoms with Gasteiger partial charge in [-0.15, -0.1) is 11.3 Å². The van der Waals surface area contributed by atoms with Gasteiger partial charge in [0.1, 0.15) is 5.01 Å². The van der Waals surface area contributed by atoms with E-state index in [9.17, 15) is 0 Å². The number of aliphatic hydroxyl groups excluding tert-OH is 1. The molecule has 0 radical (unpaired) electrons. The van der Waals surface area contributed by atoms with Gasteiger partial charge in [-0.2, -0.15) is 0 Å². The zero-order valence-electron chi connectivity index (χ0n) is 6.81. The smallest absolute Gasteiger partial charge is 0.107 e. The lowest BCUT2D eigenvalue weighted by Gasteiger charge is -2.37. The van der Waals surface area contributed by atoms with Crippen LogP contribution in [0.1, 0.15) is 5.01 Å². The van der Waals surface area contributed by atoms with Gasteiger partial charge in [-0.25, -0.2) is 4.98 Å². The highest BCUT2D eigenvalue weighted by Crippen LogP contribution is 2.18. The van der Waals surface area contributed by atoms with E-state index in [1.165, 1.54) is 5.01 Å². The second-order valence-corrected chi connectivity index (χ2v) is 4.15. The van der Waals surface area contributed by atoms with Crippen molar-refractivity contribution in [1.29, 1.82) is 0 Å². The highest BCUT2D eigenvalue weighted by Gasteiger charge is 2.25. The maximum absolute atomic E-state index is 8.79. The maximum Gasteiger partial charge on any atom is 0.107 e. The molecule has 2 heterocycles. The summed E-state index contributed by atoms with van der Waals surface area (Å²) in [6.07, 6.45) is 1.84. The van der Waals surface area contributed by atoms with Crippen molar-refractivity contribution in [1.82, 2.24) is 9.88 Å². The maximum atomic E-state index is 8.79. The van der Waals surface area contributed by atoms with Gasteiger partial charge in [0, 0.05) is 37.2 Å². The van der Waals surface area contributed by atoms with E-state index in [0.717, 1.165) is 19.6 Å². The lowest BCUT2D eigenvalue weighted by molar-refractivity contribution is 0.0479. The predicted molar refractivity (Wildman–Crippen MR) is 48.0 cm³/mol. The summed E-state index contributed by atoms with van der Waals surface area (Å²) in [6, 6.07) is 0. The standard InChI is InChI=1S/C8H12N2OS/c11-6-7-3-10(4-7)5-8-9-1-2-12-8/h1-2,7,11H,3-6H2. The average Bonchev–Trinajstić information content (AvgIpc) is 2.47. The van der Waals surface area contributed by atoms with E-state index in [4.69, 9.17) is 5.11 Å². The quantitative estimate of drug-likeness (QED) is 0.746. The fraction of sp³-hybridized carbons (Fsp3) is 0.625. The molecule has 0 atom stereocenters. The van der Waals surface area contributed by atoms with Crippen molar-refractivity contribution in [3.63, 3.8) is 0 Å². The number of rotatable bonds is 3. The first-order valence-electron chi connectivity index (χ1n) is 4.10. The molecule has 1 N–H and O–H groups in total. The van der Waals surface area contributed by atoms with E-state index in [2.05, 4.69) is 9.88 Å². The zero-order chi connectivity index (χ0) is 8.39. The topological polar surface area (TPSA) is 36.4 Å². The Balaban J connectivity index is 1.77. The van der Waals surface area contributed by atoms with Gasteiger partial charge in [-0.1, -0.05) is 0 Å². The summed E-state index contributed by atoms with van der Waals surface area (Å²) in [4.78, 5) is 6.51. The summed E-state index contributed by atoms with van der Waals surface area (Å²) in [5.74, 6) is 0.505. The Hall–Kier alpha value is -0.450. The molecule has 1 aromatic heterocycles. The van der Waals surface area contributed by atoms with Gasteiger partial charge in [0.2, 0.25) is 0 Å². The van der Waals surface area contributed by atoms with E-state index in [0.29, 0.717) is 12.5 Å². The van der Waals surface area contributed by atoms with E-state index in [1.807, 2.05) is 11.6 Å². The minimum absolute atomic E-state index is 0.328. The lowest BCUT2D eigenvalue weighted by atomic mass is 10.0. The minimum Gasteiger partial charge on any atom is -0.396 e. The second kappa shape index (κ2) is 3.51. The van der Waals surface area contributed by atoms with Crippen LogP contribution in [0.2, 0.25) is 0 Å². The Morgan fingerprint density at radius 1 is 1.67 bits per heavy atom. The lowest BCUT2D eigenvalue weighted by Crippen LogP contribution is -2.47. The Morgan fingerprint density at radius 2 is 2.50 bits per heavy atom. The number of thiazole rings is 1. The van der Waals surface area contributed by atoms with Crippen molar-refractivity contribution < 1.29 is 5.11 Å². The molecule has 1 saturated heterocycles. The van der Waals surface area contributed by atoms with Crippen LogP contribution in [-0.4, -0.2) is 34.7 Å². The van der Waals surface area contributed by atoms with E-state index < -0.39 is 0 Å². The zero-order valence-corrected chi connectivity index (χ0v) is 7.63. The van der Waals surface area contributed by atoms with Crippen LogP contribution in [0.4, 0.5) is 0 Å². The number of nitrogens with zero attached hydrogens (tertiary/aromatic N) is 2. The van der Waals surface area contributed by atoms with Gasteiger partial charge in [0.05, 0.1) is 6.54 Å². The summed E-state index contributed by atoms with van der Waals surface area (Å²) in [5.41, 5.74) is 0. The summed E-state index contributed by atoms with van der Waals surface area (Å²) >= 11 is 1.69. The van der Waals surface area contributed by atoms with Gasteiger partial charge in [0.15, 0.2) is 0 Å². The minimum atomic E-state index is 0.328. The molecule has 0 aromatic carbocycles. The van der Waals surface area contributed by atoms with Crippen LogP contribution in [0.15, 0.2) is 11.6 Å². The third-order valence-corrected chi connectivity index (χ3v) is 2.90. The van der Waals surface area contributed by atoms with Gasteiger partial charge in [-0.05, 0) is 0 Å². The SMILES string of the molecule is OCC1CN(Cc2nccs2)C1. The first kappa shape index (κ1) is 8.16. The molecule has 1 aliphatic rings. The monoisotopic (exact) mass is 184 g/mol. The number of hydrogen-bond acceptors (Lipinski definition) is 4. The van der Waals surface area contributed by atoms with Crippen molar-refractivity contribution in [3.8, 4) is 0 Å². The molecule has 2 rings (SSSR count). The molecule has 12 heavy (non-hydrogen) atoms. The number of hydrogen-bond donors (Lipinski definition) is 1. The molecule has 0 saturated carbocycles. The van der Waals surface area contributed by atoms with Crippen LogP contribution < -0.4 is 0 Å². The Bertz CT molecular complexity index is 231. The Kier molecular flexibility index (Phi) is 2.39. The molecule has 4 heteroatoms. The van der Waals surface area contributed by atoms with Crippen LogP contribution in [0, 0.1) is 5.92 Å². The van der Waals surface area contributed by atoms with E-state index >= 15 is 0 Å². The fourth-order valence-corrected chi connectivity index (χ4v) is 2.10. The first-order chi connectivity index (χ1) is 5.88. The predicted octanol–water partition coefficient (Wildman–Crippen LogP) is 0.567. The molecule has 1 fully saturated rings. The number of aromatic nitrogens is 1. The fourth-order valence-electron chi connectivity index (χ4n) is 1.44. The number of aliphatic hydroxyl groups is 1. The summed E-state index contributed by atoms with van der Waals surface area (Å²) in [5, 5.41) is 12.0. The van der Waals surface area contributed by atoms with Crippen molar-refractivity contribution in [2.24, 2.45) is 5.92 Å². The van der Waals surface area contributed by atoms with Crippen molar-refractivity contribution in [3.05, 3.63) is 16.6 Å². The molecule has 0 aliphatic carbocycles. The van der Waals surface area contributed by atoms with E-state index in [1.54, 1.807) is 11.3 Å². The van der Waals surface area contributed by atoms with Gasteiger partial charge >= 0.3 is 0 Å². The Labute approximate surface area is 75.7 Å². The average molecular weight is 184 g/mol. The molecule has 0 spiro atoms. The number of likely N-dealkylation sites (tertiary alicyclic amines) is 1. The molecule has 0 bridgehead atoms. The molecular weight excluding hydrogens is 172 g/mol. The molecular formula is C8H12N2OS. The van der Waals surface area contributed by atoms with Crippen molar-refractivity contribution >= 4 is 11.3 Å². The van der Waals surface area contributed by atoms with Crippen LogP contribution in [0.5, 0.6) is 0 Å². The third-order valence-electron chi connectivity index (χ3n) is 2.13. The van der Waals surface area contributed by atoms with Crippen LogP contribution in [0.3, 0.4) is 0 Å². The van der Waals surface area contributed by atoms with Gasteiger partial charge < -0.3 is 5.11 Å². The molecule has 3 nitrogen and oxygen atoms in total. The van der Waals surface area contributed by atoms with E-state index in [-0.39, 0.29) is 0 Å². The van der Waals surface area contributed by atoms with Gasteiger partial charge in [-0.3, -0.25) is 4.90 Å².